The topological polar surface area (TPSA) is 21.3 Å². The Hall–Kier alpha value is -1.81. The first kappa shape index (κ1) is 13.6. The van der Waals surface area contributed by atoms with Crippen LogP contribution in [0.5, 0.6) is 5.75 Å². The average molecular weight is 284 g/mol. The Morgan fingerprint density at radius 3 is 2.74 bits per heavy atom. The molecule has 0 aromatic heterocycles. The van der Waals surface area contributed by atoms with Crippen LogP contribution in [0.15, 0.2) is 42.5 Å². The molecule has 0 aliphatic rings. The summed E-state index contributed by atoms with van der Waals surface area (Å²) >= 11 is 5.83. The Balaban J connectivity index is 1.82. The molecule has 0 aliphatic heterocycles. The van der Waals surface area contributed by atoms with Crippen molar-refractivity contribution in [2.75, 3.05) is 18.5 Å². The lowest BCUT2D eigenvalue weighted by Gasteiger charge is -2.09. The molecule has 100 valence electrons. The molecule has 1 N–H and O–H groups in total. The highest BCUT2D eigenvalue weighted by atomic mass is 35.5. The van der Waals surface area contributed by atoms with Crippen molar-refractivity contribution >= 4 is 17.3 Å². The van der Waals surface area contributed by atoms with E-state index in [1.54, 1.807) is 12.1 Å². The summed E-state index contributed by atoms with van der Waals surface area (Å²) in [6.07, 6.45) is 0. The summed E-state index contributed by atoms with van der Waals surface area (Å²) in [5, 5.41) is 3.69. The molecule has 0 aliphatic carbocycles. The van der Waals surface area contributed by atoms with Crippen LogP contribution in [0, 0.1) is 11.6 Å². The van der Waals surface area contributed by atoms with Crippen LogP contribution in [0.4, 0.5) is 14.5 Å². The smallest absolute Gasteiger partial charge is 0.165 e. The van der Waals surface area contributed by atoms with Crippen LogP contribution in [0.2, 0.25) is 5.02 Å². The van der Waals surface area contributed by atoms with E-state index in [9.17, 15) is 8.78 Å². The monoisotopic (exact) mass is 283 g/mol. The van der Waals surface area contributed by atoms with Gasteiger partial charge in [0.05, 0.1) is 0 Å². The lowest BCUT2D eigenvalue weighted by molar-refractivity contribution is 0.313. The Bertz CT molecular complexity index is 563. The van der Waals surface area contributed by atoms with E-state index in [4.69, 9.17) is 16.3 Å². The van der Waals surface area contributed by atoms with E-state index < -0.39 is 11.6 Å². The third kappa shape index (κ3) is 4.10. The van der Waals surface area contributed by atoms with Crippen LogP contribution < -0.4 is 10.1 Å². The van der Waals surface area contributed by atoms with Crippen molar-refractivity contribution in [3.8, 4) is 5.75 Å². The molecule has 2 nitrogen and oxygen atoms in total. The number of halogens is 3. The maximum atomic E-state index is 13.2. The van der Waals surface area contributed by atoms with Crippen LogP contribution in [0.25, 0.3) is 0 Å². The van der Waals surface area contributed by atoms with Crippen LogP contribution in [0.1, 0.15) is 0 Å². The van der Waals surface area contributed by atoms with Crippen molar-refractivity contribution in [3.63, 3.8) is 0 Å². The molecule has 0 atom stereocenters. The fourth-order valence-corrected chi connectivity index (χ4v) is 1.73. The molecular weight excluding hydrogens is 272 g/mol. The van der Waals surface area contributed by atoms with Gasteiger partial charge in [0.2, 0.25) is 0 Å². The maximum absolute atomic E-state index is 13.2. The maximum Gasteiger partial charge on any atom is 0.165 e. The highest BCUT2D eigenvalue weighted by molar-refractivity contribution is 6.30. The van der Waals surface area contributed by atoms with Gasteiger partial charge in [0, 0.05) is 23.3 Å². The van der Waals surface area contributed by atoms with Crippen molar-refractivity contribution in [3.05, 3.63) is 59.1 Å². The number of ether oxygens (including phenoxy) is 1. The summed E-state index contributed by atoms with van der Waals surface area (Å²) in [5.41, 5.74) is 0.843. The third-order valence-corrected chi connectivity index (χ3v) is 2.64. The van der Waals surface area contributed by atoms with E-state index >= 15 is 0 Å². The van der Waals surface area contributed by atoms with Gasteiger partial charge in [-0.3, -0.25) is 0 Å². The SMILES string of the molecule is Fc1ccc(F)c(OCCNc2cccc(Cl)c2)c1. The predicted molar refractivity (Wildman–Crippen MR) is 71.8 cm³/mol. The Labute approximate surface area is 115 Å². The standard InChI is InChI=1S/C14H12ClF2NO/c15-10-2-1-3-12(8-10)18-6-7-19-14-9-11(16)4-5-13(14)17/h1-5,8-9,18H,6-7H2. The molecule has 0 radical (unpaired) electrons. The molecule has 0 saturated heterocycles. The molecule has 0 spiro atoms. The second-order valence-electron chi connectivity index (χ2n) is 3.86. The Morgan fingerprint density at radius 2 is 1.95 bits per heavy atom. The zero-order valence-electron chi connectivity index (χ0n) is 10.00. The van der Waals surface area contributed by atoms with Gasteiger partial charge < -0.3 is 10.1 Å². The van der Waals surface area contributed by atoms with Crippen LogP contribution in [-0.4, -0.2) is 13.2 Å². The largest absolute Gasteiger partial charge is 0.489 e. The van der Waals surface area contributed by atoms with Gasteiger partial charge in [-0.15, -0.1) is 0 Å². The number of nitrogens with one attached hydrogen (secondary N) is 1. The van der Waals surface area contributed by atoms with E-state index in [2.05, 4.69) is 5.32 Å². The Morgan fingerprint density at radius 1 is 1.11 bits per heavy atom. The summed E-state index contributed by atoms with van der Waals surface area (Å²) in [4.78, 5) is 0. The summed E-state index contributed by atoms with van der Waals surface area (Å²) < 4.78 is 31.3. The number of hydrogen-bond donors (Lipinski definition) is 1. The molecular formula is C14H12ClF2NO. The molecule has 0 bridgehead atoms. The van der Waals surface area contributed by atoms with Gasteiger partial charge in [-0.1, -0.05) is 17.7 Å². The zero-order valence-corrected chi connectivity index (χ0v) is 10.8. The van der Waals surface area contributed by atoms with Gasteiger partial charge in [-0.25, -0.2) is 8.78 Å². The highest BCUT2D eigenvalue weighted by Crippen LogP contribution is 2.18. The van der Waals surface area contributed by atoms with Gasteiger partial charge in [0.1, 0.15) is 12.4 Å². The van der Waals surface area contributed by atoms with Crippen molar-refractivity contribution in [1.29, 1.82) is 0 Å². The van der Waals surface area contributed by atoms with E-state index in [1.165, 1.54) is 0 Å². The van der Waals surface area contributed by atoms with Gasteiger partial charge in [-0.2, -0.15) is 0 Å². The molecule has 2 aromatic rings. The average Bonchev–Trinajstić information content (AvgIpc) is 2.39. The van der Waals surface area contributed by atoms with Crippen molar-refractivity contribution in [1.82, 2.24) is 0 Å². The molecule has 0 saturated carbocycles. The van der Waals surface area contributed by atoms with Crippen molar-refractivity contribution < 1.29 is 13.5 Å². The number of anilines is 1. The van der Waals surface area contributed by atoms with E-state index in [1.807, 2.05) is 12.1 Å². The lowest BCUT2D eigenvalue weighted by Crippen LogP contribution is -2.12. The van der Waals surface area contributed by atoms with Crippen LogP contribution in [0.3, 0.4) is 0 Å². The van der Waals surface area contributed by atoms with Crippen LogP contribution >= 0.6 is 11.6 Å². The number of rotatable bonds is 5. The molecule has 0 heterocycles. The van der Waals surface area contributed by atoms with Crippen LogP contribution in [-0.2, 0) is 0 Å². The lowest BCUT2D eigenvalue weighted by atomic mass is 10.3. The van der Waals surface area contributed by atoms with Gasteiger partial charge in [0.15, 0.2) is 11.6 Å². The molecule has 0 fully saturated rings. The second kappa shape index (κ2) is 6.38. The third-order valence-electron chi connectivity index (χ3n) is 2.41. The minimum absolute atomic E-state index is 0.0899. The molecule has 19 heavy (non-hydrogen) atoms. The summed E-state index contributed by atoms with van der Waals surface area (Å²) in [6, 6.07) is 10.3. The normalized spacial score (nSPS) is 10.3. The zero-order chi connectivity index (χ0) is 13.7. The van der Waals surface area contributed by atoms with Gasteiger partial charge in [0.25, 0.3) is 0 Å². The first-order valence-corrected chi connectivity index (χ1v) is 6.10. The van der Waals surface area contributed by atoms with Gasteiger partial charge in [-0.05, 0) is 30.3 Å². The fraction of sp³-hybridized carbons (Fsp3) is 0.143. The molecule has 0 amide bonds. The Kier molecular flexibility index (Phi) is 4.58. The second-order valence-corrected chi connectivity index (χ2v) is 4.30. The van der Waals surface area contributed by atoms with E-state index in [-0.39, 0.29) is 12.4 Å². The van der Waals surface area contributed by atoms with Gasteiger partial charge >= 0.3 is 0 Å². The first-order valence-electron chi connectivity index (χ1n) is 5.72. The molecule has 2 aromatic carbocycles. The molecule has 5 heteroatoms. The summed E-state index contributed by atoms with van der Waals surface area (Å²) in [5.74, 6) is -1.20. The summed E-state index contributed by atoms with van der Waals surface area (Å²) in [6.45, 7) is 0.670. The highest BCUT2D eigenvalue weighted by Gasteiger charge is 2.04. The molecule has 2 rings (SSSR count). The minimum Gasteiger partial charge on any atom is -0.489 e. The first-order chi connectivity index (χ1) is 9.15. The van der Waals surface area contributed by atoms with E-state index in [0.29, 0.717) is 11.6 Å². The number of hydrogen-bond acceptors (Lipinski definition) is 2. The minimum atomic E-state index is -0.579. The van der Waals surface area contributed by atoms with E-state index in [0.717, 1.165) is 23.9 Å². The summed E-state index contributed by atoms with van der Waals surface area (Å²) in [7, 11) is 0. The molecule has 0 unspecified atom stereocenters. The van der Waals surface area contributed by atoms with Crippen molar-refractivity contribution in [2.24, 2.45) is 0 Å². The van der Waals surface area contributed by atoms with Crippen molar-refractivity contribution in [2.45, 2.75) is 0 Å². The number of benzene rings is 2. The quantitative estimate of drug-likeness (QED) is 0.834. The fourth-order valence-electron chi connectivity index (χ4n) is 1.54. The predicted octanol–water partition coefficient (Wildman–Crippen LogP) is 4.11.